The zero-order chi connectivity index (χ0) is 18.3. The fourth-order valence-electron chi connectivity index (χ4n) is 1.82. The number of carbonyl (C=O) groups excluding carboxylic acids is 1. The van der Waals surface area contributed by atoms with Gasteiger partial charge in [0.2, 0.25) is 0 Å². The molecule has 0 unspecified atom stereocenters. The van der Waals surface area contributed by atoms with Crippen molar-refractivity contribution in [2.24, 2.45) is 5.84 Å². The number of hydrazine groups is 1. The van der Waals surface area contributed by atoms with Crippen LogP contribution < -0.4 is 40.8 Å². The van der Waals surface area contributed by atoms with Crippen LogP contribution in [0, 0.1) is 6.92 Å². The van der Waals surface area contributed by atoms with Gasteiger partial charge in [-0.25, -0.2) is 0 Å². The van der Waals surface area contributed by atoms with Crippen LogP contribution in [0.3, 0.4) is 0 Å². The fraction of sp³-hybridized carbons (Fsp3) is 0.0952. The Kier molecular flexibility index (Phi) is 18.4. The molecule has 0 atom stereocenters. The number of nitrogens with one attached hydrogen (secondary N) is 1. The number of benzene rings is 3. The third-order valence-electron chi connectivity index (χ3n) is 3.09. The second-order valence-corrected chi connectivity index (χ2v) is 5.50. The second-order valence-electron chi connectivity index (χ2n) is 5.16. The molecule has 0 aliphatic rings. The molecule has 0 bridgehead atoms. The molecule has 0 saturated carbocycles. The van der Waals surface area contributed by atoms with Gasteiger partial charge in [0, 0.05) is 12.1 Å². The Balaban J connectivity index is 0. The van der Waals surface area contributed by atoms with Crippen molar-refractivity contribution in [3.8, 4) is 0 Å². The minimum absolute atomic E-state index is 0. The Morgan fingerprint density at radius 1 is 0.852 bits per heavy atom. The van der Waals surface area contributed by atoms with E-state index in [9.17, 15) is 4.79 Å². The predicted octanol–water partition coefficient (Wildman–Crippen LogP) is 1.54. The zero-order valence-electron chi connectivity index (χ0n) is 15.7. The molecule has 3 aromatic rings. The van der Waals surface area contributed by atoms with Crippen LogP contribution in [0.2, 0.25) is 0 Å². The van der Waals surface area contributed by atoms with E-state index in [-0.39, 0.29) is 35.0 Å². The predicted molar refractivity (Wildman–Crippen MR) is 107 cm³/mol. The number of hydrogen-bond donors (Lipinski definition) is 2. The summed E-state index contributed by atoms with van der Waals surface area (Å²) in [5.41, 5.74) is 5.65. The van der Waals surface area contributed by atoms with Crippen LogP contribution in [0.4, 0.5) is 0 Å². The van der Waals surface area contributed by atoms with E-state index in [4.69, 9.17) is 17.4 Å². The van der Waals surface area contributed by atoms with Gasteiger partial charge in [-0.2, -0.15) is 0 Å². The van der Waals surface area contributed by atoms with Crippen LogP contribution >= 0.6 is 11.6 Å². The van der Waals surface area contributed by atoms with Crippen molar-refractivity contribution >= 4 is 16.8 Å². The molecule has 138 valence electrons. The summed E-state index contributed by atoms with van der Waals surface area (Å²) in [5.74, 6) is 5.11. The van der Waals surface area contributed by atoms with Crippen LogP contribution in [0.1, 0.15) is 21.5 Å². The van der Waals surface area contributed by atoms with E-state index in [1.165, 1.54) is 11.1 Å². The molecule has 0 saturated heterocycles. The van der Waals surface area contributed by atoms with Gasteiger partial charge in [0.05, 0.1) is 0 Å². The largest absolute Gasteiger partial charge is 1.00 e. The normalized spacial score (nSPS) is 8.41. The van der Waals surface area contributed by atoms with Crippen LogP contribution in [-0.4, -0.2) is 10.7 Å². The van der Waals surface area contributed by atoms with Crippen molar-refractivity contribution in [1.82, 2.24) is 5.43 Å². The first-order valence-electron chi connectivity index (χ1n) is 7.87. The fourth-order valence-corrected chi connectivity index (χ4v) is 1.94. The van der Waals surface area contributed by atoms with Gasteiger partial charge < -0.3 is 5.48 Å². The molecule has 3 aromatic carbocycles. The van der Waals surface area contributed by atoms with E-state index < -0.39 is 5.24 Å². The van der Waals surface area contributed by atoms with Crippen molar-refractivity contribution in [3.63, 3.8) is 0 Å². The average molecular weight is 395 g/mol. The molecule has 0 spiro atoms. The minimum Gasteiger partial charge on any atom is -0.870 e. The van der Waals surface area contributed by atoms with Crippen molar-refractivity contribution in [2.45, 2.75) is 13.5 Å². The van der Waals surface area contributed by atoms with Crippen molar-refractivity contribution in [1.29, 1.82) is 0 Å². The number of hydrogen-bond acceptors (Lipinski definition) is 4. The maximum Gasteiger partial charge on any atom is 1.00 e. The summed E-state index contributed by atoms with van der Waals surface area (Å²) in [6.07, 6.45) is 0. The summed E-state index contributed by atoms with van der Waals surface area (Å²) in [7, 11) is 0. The Bertz CT molecular complexity index is 714. The van der Waals surface area contributed by atoms with E-state index in [2.05, 4.69) is 24.5 Å². The summed E-state index contributed by atoms with van der Waals surface area (Å²) in [6, 6.07) is 29.0. The number of rotatable bonds is 3. The quantitative estimate of drug-likeness (QED) is 0.305. The average Bonchev–Trinajstić information content (AvgIpc) is 2.65. The molecule has 0 heterocycles. The molecule has 0 aromatic heterocycles. The number of halogens is 1. The van der Waals surface area contributed by atoms with E-state index in [0.29, 0.717) is 5.56 Å². The number of carbonyl (C=O) groups is 1. The first-order valence-corrected chi connectivity index (χ1v) is 8.25. The molecule has 6 heteroatoms. The van der Waals surface area contributed by atoms with Gasteiger partial charge in [0.25, 0.3) is 5.24 Å². The van der Waals surface area contributed by atoms with E-state index >= 15 is 0 Å². The smallest absolute Gasteiger partial charge is 0.870 e. The molecule has 3 rings (SSSR count). The zero-order valence-corrected chi connectivity index (χ0v) is 18.4. The molecular weight excluding hydrogens is 371 g/mol. The van der Waals surface area contributed by atoms with Gasteiger partial charge in [-0.3, -0.25) is 16.1 Å². The molecule has 0 radical (unpaired) electrons. The summed E-state index contributed by atoms with van der Waals surface area (Å²) < 4.78 is 0. The SMILES string of the molecule is Cc1ccccc1.NNCc1ccccc1.O=C(Cl)c1ccccc1.[Na+].[OH-]. The van der Waals surface area contributed by atoms with Gasteiger partial charge in [-0.05, 0) is 24.1 Å². The van der Waals surface area contributed by atoms with Crippen molar-refractivity contribution in [3.05, 3.63) is 108 Å². The van der Waals surface area contributed by atoms with Gasteiger partial charge in [-0.1, -0.05) is 96.6 Å². The van der Waals surface area contributed by atoms with E-state index in [0.717, 1.165) is 6.54 Å². The second kappa shape index (κ2) is 17.9. The van der Waals surface area contributed by atoms with E-state index in [1.54, 1.807) is 24.3 Å². The Labute approximate surface area is 188 Å². The van der Waals surface area contributed by atoms with Crippen LogP contribution in [-0.2, 0) is 6.54 Å². The third-order valence-corrected chi connectivity index (χ3v) is 3.31. The molecule has 27 heavy (non-hydrogen) atoms. The molecule has 4 N–H and O–H groups in total. The molecular formula is C21H24ClN2NaO2. The summed E-state index contributed by atoms with van der Waals surface area (Å²) in [6.45, 7) is 2.82. The first-order chi connectivity index (χ1) is 12.1. The summed E-state index contributed by atoms with van der Waals surface area (Å²) in [5, 5.41) is -0.407. The summed E-state index contributed by atoms with van der Waals surface area (Å²) in [4.78, 5) is 10.4. The van der Waals surface area contributed by atoms with Crippen LogP contribution in [0.25, 0.3) is 0 Å². The number of aryl methyl sites for hydroxylation is 1. The Hall–Kier alpha value is -1.50. The van der Waals surface area contributed by atoms with Crippen molar-refractivity contribution < 1.29 is 39.8 Å². The molecule has 0 amide bonds. The monoisotopic (exact) mass is 394 g/mol. The molecule has 0 fully saturated rings. The van der Waals surface area contributed by atoms with Gasteiger partial charge in [0.15, 0.2) is 0 Å². The Morgan fingerprint density at radius 2 is 1.26 bits per heavy atom. The molecule has 0 aliphatic heterocycles. The minimum atomic E-state index is -0.407. The maximum absolute atomic E-state index is 10.4. The van der Waals surface area contributed by atoms with Crippen LogP contribution in [0.15, 0.2) is 91.0 Å². The van der Waals surface area contributed by atoms with Crippen LogP contribution in [0.5, 0.6) is 0 Å². The molecule has 4 nitrogen and oxygen atoms in total. The first kappa shape index (κ1) is 27.7. The third kappa shape index (κ3) is 14.3. The van der Waals surface area contributed by atoms with Gasteiger partial charge in [0.1, 0.15) is 0 Å². The topological polar surface area (TPSA) is 85.1 Å². The van der Waals surface area contributed by atoms with Gasteiger partial charge >= 0.3 is 29.6 Å². The van der Waals surface area contributed by atoms with Crippen molar-refractivity contribution in [2.75, 3.05) is 0 Å². The molecule has 0 aliphatic carbocycles. The van der Waals surface area contributed by atoms with Gasteiger partial charge in [-0.15, -0.1) is 0 Å². The Morgan fingerprint density at radius 3 is 1.56 bits per heavy atom. The standard InChI is InChI=1S/C7H5ClO.C7H10N2.C7H8.Na.H2O/c8-7(9)6-4-2-1-3-5-6;8-9-6-7-4-2-1-3-5-7;1-7-5-3-2-4-6-7;;/h1-5H;1-5,9H,6,8H2;2-6H,1H3;;1H2/q;;;+1;/p-1. The summed E-state index contributed by atoms with van der Waals surface area (Å²) >= 11 is 5.16. The number of nitrogens with two attached hydrogens (primary N) is 1. The van der Waals surface area contributed by atoms with E-state index in [1.807, 2.05) is 54.6 Å². The maximum atomic E-state index is 10.4.